The molecule has 4 heteroatoms. The van der Waals surface area contributed by atoms with Crippen LogP contribution in [0.5, 0.6) is 0 Å². The number of nitrogens with zero attached hydrogens (tertiary/aromatic N) is 2. The smallest absolute Gasteiger partial charge is 0.0634 e. The van der Waals surface area contributed by atoms with Crippen molar-refractivity contribution in [1.82, 2.24) is 15.2 Å². The van der Waals surface area contributed by atoms with Crippen molar-refractivity contribution in [3.8, 4) is 0 Å². The van der Waals surface area contributed by atoms with Gasteiger partial charge in [0.05, 0.1) is 5.02 Å². The zero-order valence-electron chi connectivity index (χ0n) is 10.9. The minimum Gasteiger partial charge on any atom is -0.313 e. The maximum absolute atomic E-state index is 6.05. The summed E-state index contributed by atoms with van der Waals surface area (Å²) >= 11 is 6.05. The summed E-state index contributed by atoms with van der Waals surface area (Å²) in [6.07, 6.45) is 8.86. The molecule has 1 aromatic heterocycles. The highest BCUT2D eigenvalue weighted by atomic mass is 35.5. The first-order valence-electron chi connectivity index (χ1n) is 6.88. The molecule has 2 rings (SSSR count). The van der Waals surface area contributed by atoms with Crippen LogP contribution in [0, 0.1) is 0 Å². The van der Waals surface area contributed by atoms with Crippen LogP contribution in [0.1, 0.15) is 31.2 Å². The molecule has 1 aliphatic rings. The van der Waals surface area contributed by atoms with Crippen LogP contribution < -0.4 is 5.32 Å². The van der Waals surface area contributed by atoms with Crippen molar-refractivity contribution in [3.63, 3.8) is 0 Å². The van der Waals surface area contributed by atoms with Crippen molar-refractivity contribution in [2.24, 2.45) is 0 Å². The Hall–Kier alpha value is -0.640. The van der Waals surface area contributed by atoms with E-state index >= 15 is 0 Å². The van der Waals surface area contributed by atoms with Gasteiger partial charge in [0.2, 0.25) is 0 Å². The van der Waals surface area contributed by atoms with E-state index in [0.717, 1.165) is 23.7 Å². The van der Waals surface area contributed by atoms with Crippen LogP contribution in [0.15, 0.2) is 18.5 Å². The summed E-state index contributed by atoms with van der Waals surface area (Å²) in [4.78, 5) is 6.56. The first-order valence-corrected chi connectivity index (χ1v) is 7.25. The molecule has 100 valence electrons. The molecule has 1 N–H and O–H groups in total. The van der Waals surface area contributed by atoms with Crippen LogP contribution in [0.25, 0.3) is 0 Å². The molecule has 0 bridgehead atoms. The van der Waals surface area contributed by atoms with Crippen LogP contribution in [0.3, 0.4) is 0 Å². The molecule has 0 spiro atoms. The number of piperidine rings is 1. The van der Waals surface area contributed by atoms with Crippen LogP contribution in [0.4, 0.5) is 0 Å². The van der Waals surface area contributed by atoms with E-state index in [9.17, 15) is 0 Å². The number of hydrogen-bond donors (Lipinski definition) is 1. The molecular weight excluding hydrogens is 246 g/mol. The highest BCUT2D eigenvalue weighted by Crippen LogP contribution is 2.12. The fraction of sp³-hybridized carbons (Fsp3) is 0.643. The monoisotopic (exact) mass is 267 g/mol. The Kier molecular flexibility index (Phi) is 5.91. The predicted octanol–water partition coefficient (Wildman–Crippen LogP) is 2.70. The van der Waals surface area contributed by atoms with Gasteiger partial charge in [-0.15, -0.1) is 0 Å². The number of likely N-dealkylation sites (tertiary alicyclic amines) is 1. The topological polar surface area (TPSA) is 28.2 Å². The van der Waals surface area contributed by atoms with Crippen molar-refractivity contribution in [1.29, 1.82) is 0 Å². The van der Waals surface area contributed by atoms with Crippen LogP contribution in [-0.4, -0.2) is 36.1 Å². The van der Waals surface area contributed by atoms with E-state index in [-0.39, 0.29) is 0 Å². The Labute approximate surface area is 115 Å². The van der Waals surface area contributed by atoms with Crippen LogP contribution >= 0.6 is 11.6 Å². The number of nitrogens with one attached hydrogen (secondary N) is 1. The van der Waals surface area contributed by atoms with Crippen molar-refractivity contribution < 1.29 is 0 Å². The van der Waals surface area contributed by atoms with E-state index in [0.29, 0.717) is 0 Å². The summed E-state index contributed by atoms with van der Waals surface area (Å²) in [7, 11) is 0. The van der Waals surface area contributed by atoms with E-state index < -0.39 is 0 Å². The molecule has 1 aromatic rings. The maximum Gasteiger partial charge on any atom is 0.0634 e. The minimum absolute atomic E-state index is 0.751. The van der Waals surface area contributed by atoms with Gasteiger partial charge in [0, 0.05) is 18.9 Å². The average molecular weight is 268 g/mol. The van der Waals surface area contributed by atoms with Gasteiger partial charge in [-0.25, -0.2) is 0 Å². The van der Waals surface area contributed by atoms with Gasteiger partial charge in [0.25, 0.3) is 0 Å². The van der Waals surface area contributed by atoms with Crippen LogP contribution in [0.2, 0.25) is 5.02 Å². The Balaban J connectivity index is 1.57. The standard InChI is InChI=1S/C14H22ClN3/c15-14-12-17-7-5-13(14)11-16-6-4-10-18-8-2-1-3-9-18/h5,7,12,16H,1-4,6,8-11H2. The Morgan fingerprint density at radius 1 is 1.28 bits per heavy atom. The predicted molar refractivity (Wildman–Crippen MR) is 75.9 cm³/mol. The molecule has 3 nitrogen and oxygen atoms in total. The highest BCUT2D eigenvalue weighted by molar-refractivity contribution is 6.31. The number of hydrogen-bond acceptors (Lipinski definition) is 3. The van der Waals surface area contributed by atoms with Gasteiger partial charge in [-0.3, -0.25) is 4.98 Å². The summed E-state index contributed by atoms with van der Waals surface area (Å²) in [5.41, 5.74) is 1.13. The first-order chi connectivity index (χ1) is 8.86. The first kappa shape index (κ1) is 13.8. The third kappa shape index (κ3) is 4.56. The molecule has 0 aromatic carbocycles. The Morgan fingerprint density at radius 3 is 2.89 bits per heavy atom. The molecule has 0 aliphatic carbocycles. The van der Waals surface area contributed by atoms with Crippen molar-refractivity contribution in [2.45, 2.75) is 32.2 Å². The van der Waals surface area contributed by atoms with Gasteiger partial charge < -0.3 is 10.2 Å². The van der Waals surface area contributed by atoms with Gasteiger partial charge in [0.1, 0.15) is 0 Å². The quantitative estimate of drug-likeness (QED) is 0.804. The molecule has 18 heavy (non-hydrogen) atoms. The third-order valence-corrected chi connectivity index (χ3v) is 3.79. The van der Waals surface area contributed by atoms with Gasteiger partial charge in [-0.1, -0.05) is 18.0 Å². The average Bonchev–Trinajstić information content (AvgIpc) is 2.42. The molecule has 2 heterocycles. The lowest BCUT2D eigenvalue weighted by molar-refractivity contribution is 0.225. The molecule has 1 saturated heterocycles. The second-order valence-corrected chi connectivity index (χ2v) is 5.31. The van der Waals surface area contributed by atoms with E-state index in [2.05, 4.69) is 15.2 Å². The Morgan fingerprint density at radius 2 is 2.11 bits per heavy atom. The summed E-state index contributed by atoms with van der Waals surface area (Å²) in [5, 5.41) is 4.19. The lowest BCUT2D eigenvalue weighted by Gasteiger charge is -2.26. The number of pyridine rings is 1. The van der Waals surface area contributed by atoms with E-state index in [1.54, 1.807) is 12.4 Å². The highest BCUT2D eigenvalue weighted by Gasteiger charge is 2.08. The van der Waals surface area contributed by atoms with E-state index in [4.69, 9.17) is 11.6 Å². The second kappa shape index (κ2) is 7.72. The van der Waals surface area contributed by atoms with Gasteiger partial charge >= 0.3 is 0 Å². The van der Waals surface area contributed by atoms with Crippen molar-refractivity contribution in [2.75, 3.05) is 26.2 Å². The van der Waals surface area contributed by atoms with Gasteiger partial charge in [0.15, 0.2) is 0 Å². The molecule has 0 atom stereocenters. The second-order valence-electron chi connectivity index (χ2n) is 4.90. The van der Waals surface area contributed by atoms with Gasteiger partial charge in [-0.2, -0.15) is 0 Å². The number of halogens is 1. The Bertz CT molecular complexity index is 351. The lowest BCUT2D eigenvalue weighted by atomic mass is 10.1. The van der Waals surface area contributed by atoms with E-state index in [1.165, 1.54) is 45.3 Å². The summed E-state index contributed by atoms with van der Waals surface area (Å²) in [6.45, 7) is 5.68. The van der Waals surface area contributed by atoms with E-state index in [1.807, 2.05) is 6.07 Å². The summed E-state index contributed by atoms with van der Waals surface area (Å²) in [5.74, 6) is 0. The zero-order valence-corrected chi connectivity index (χ0v) is 11.6. The van der Waals surface area contributed by atoms with Crippen molar-refractivity contribution >= 4 is 11.6 Å². The molecule has 1 aliphatic heterocycles. The van der Waals surface area contributed by atoms with Crippen molar-refractivity contribution in [3.05, 3.63) is 29.0 Å². The number of rotatable bonds is 6. The fourth-order valence-electron chi connectivity index (χ4n) is 2.38. The SMILES string of the molecule is Clc1cnccc1CNCCCN1CCCCC1. The normalized spacial score (nSPS) is 16.9. The van der Waals surface area contributed by atoms with Crippen LogP contribution in [-0.2, 0) is 6.54 Å². The fourth-order valence-corrected chi connectivity index (χ4v) is 2.57. The van der Waals surface area contributed by atoms with Gasteiger partial charge in [-0.05, 0) is 57.1 Å². The third-order valence-electron chi connectivity index (χ3n) is 3.45. The maximum atomic E-state index is 6.05. The lowest BCUT2D eigenvalue weighted by Crippen LogP contribution is -2.32. The largest absolute Gasteiger partial charge is 0.313 e. The summed E-state index contributed by atoms with van der Waals surface area (Å²) in [6, 6.07) is 1.97. The molecule has 0 saturated carbocycles. The zero-order chi connectivity index (χ0) is 12.6. The molecule has 0 unspecified atom stereocenters. The minimum atomic E-state index is 0.751. The molecule has 0 amide bonds. The summed E-state index contributed by atoms with van der Waals surface area (Å²) < 4.78 is 0. The molecule has 0 radical (unpaired) electrons. The molecule has 1 fully saturated rings. The molecular formula is C14H22ClN3. The number of aromatic nitrogens is 1.